The van der Waals surface area contributed by atoms with Gasteiger partial charge in [0.15, 0.2) is 0 Å². The van der Waals surface area contributed by atoms with Gasteiger partial charge < -0.3 is 19.6 Å². The minimum absolute atomic E-state index is 0.0173. The SMILES string of the molecule is CC(C)Cn1ccc2cc(NC(=O)Cn3cncc3C(=O)O)ccc21. The summed E-state index contributed by atoms with van der Waals surface area (Å²) in [6, 6.07) is 7.76. The number of fused-ring (bicyclic) bond motifs is 1. The molecule has 0 radical (unpaired) electrons. The molecule has 3 aromatic rings. The lowest BCUT2D eigenvalue weighted by Crippen LogP contribution is -2.20. The molecule has 0 fully saturated rings. The summed E-state index contributed by atoms with van der Waals surface area (Å²) in [4.78, 5) is 27.0. The Kier molecular flexibility index (Phi) is 4.56. The van der Waals surface area contributed by atoms with E-state index in [2.05, 4.69) is 28.7 Å². The van der Waals surface area contributed by atoms with Crippen LogP contribution in [0.3, 0.4) is 0 Å². The van der Waals surface area contributed by atoms with Crippen molar-refractivity contribution >= 4 is 28.5 Å². The standard InChI is InChI=1S/C18H20N4O3/c1-12(2)9-21-6-5-13-7-14(3-4-15(13)21)20-17(23)10-22-11-19-8-16(22)18(24)25/h3-8,11-12H,9-10H2,1-2H3,(H,20,23)(H,24,25). The van der Waals surface area contributed by atoms with Crippen LogP contribution in [0.25, 0.3) is 10.9 Å². The molecule has 1 aromatic carbocycles. The van der Waals surface area contributed by atoms with Crippen molar-refractivity contribution in [2.45, 2.75) is 26.9 Å². The van der Waals surface area contributed by atoms with E-state index in [-0.39, 0.29) is 18.1 Å². The Morgan fingerprint density at radius 2 is 2.04 bits per heavy atom. The molecular weight excluding hydrogens is 320 g/mol. The number of carboxylic acid groups (broad SMARTS) is 1. The van der Waals surface area contributed by atoms with Crippen molar-refractivity contribution in [2.24, 2.45) is 5.92 Å². The first-order valence-electron chi connectivity index (χ1n) is 8.06. The Morgan fingerprint density at radius 1 is 1.24 bits per heavy atom. The Hall–Kier alpha value is -3.09. The van der Waals surface area contributed by atoms with Crippen LogP contribution in [0.4, 0.5) is 5.69 Å². The highest BCUT2D eigenvalue weighted by Gasteiger charge is 2.13. The fourth-order valence-corrected chi connectivity index (χ4v) is 2.81. The van der Waals surface area contributed by atoms with Gasteiger partial charge in [0.1, 0.15) is 12.2 Å². The summed E-state index contributed by atoms with van der Waals surface area (Å²) < 4.78 is 3.49. The monoisotopic (exact) mass is 340 g/mol. The fourth-order valence-electron chi connectivity index (χ4n) is 2.81. The molecule has 0 aliphatic heterocycles. The number of hydrogen-bond donors (Lipinski definition) is 2. The van der Waals surface area contributed by atoms with Gasteiger partial charge in [-0.3, -0.25) is 4.79 Å². The van der Waals surface area contributed by atoms with Gasteiger partial charge in [-0.1, -0.05) is 13.8 Å². The van der Waals surface area contributed by atoms with Gasteiger partial charge in [-0.25, -0.2) is 9.78 Å². The molecular formula is C18H20N4O3. The van der Waals surface area contributed by atoms with Crippen LogP contribution in [0.5, 0.6) is 0 Å². The normalized spacial score (nSPS) is 11.2. The molecule has 3 rings (SSSR count). The first kappa shape index (κ1) is 16.8. The van der Waals surface area contributed by atoms with Gasteiger partial charge in [-0.05, 0) is 30.2 Å². The van der Waals surface area contributed by atoms with Crippen LogP contribution in [-0.4, -0.2) is 31.1 Å². The number of aromatic carboxylic acids is 1. The molecule has 0 spiro atoms. The molecule has 0 saturated heterocycles. The number of nitrogens with one attached hydrogen (secondary N) is 1. The maximum Gasteiger partial charge on any atom is 0.354 e. The maximum absolute atomic E-state index is 12.2. The van der Waals surface area contributed by atoms with Gasteiger partial charge >= 0.3 is 5.97 Å². The molecule has 2 N–H and O–H groups in total. The summed E-state index contributed by atoms with van der Waals surface area (Å²) in [6.45, 7) is 5.17. The lowest BCUT2D eigenvalue weighted by molar-refractivity contribution is -0.116. The number of benzene rings is 1. The third kappa shape index (κ3) is 3.71. The average molecular weight is 340 g/mol. The van der Waals surface area contributed by atoms with Gasteiger partial charge in [0.25, 0.3) is 0 Å². The molecule has 7 nitrogen and oxygen atoms in total. The molecule has 1 amide bonds. The fraction of sp³-hybridized carbons (Fsp3) is 0.278. The van der Waals surface area contributed by atoms with Crippen LogP contribution in [0.2, 0.25) is 0 Å². The van der Waals surface area contributed by atoms with E-state index in [1.807, 2.05) is 30.5 Å². The smallest absolute Gasteiger partial charge is 0.354 e. The lowest BCUT2D eigenvalue weighted by atomic mass is 10.2. The van der Waals surface area contributed by atoms with Crippen LogP contribution in [0, 0.1) is 5.92 Å². The number of rotatable bonds is 6. The quantitative estimate of drug-likeness (QED) is 0.722. The van der Waals surface area contributed by atoms with E-state index in [0.717, 1.165) is 17.4 Å². The number of amides is 1. The van der Waals surface area contributed by atoms with E-state index >= 15 is 0 Å². The number of anilines is 1. The van der Waals surface area contributed by atoms with Gasteiger partial charge in [0, 0.05) is 29.3 Å². The van der Waals surface area contributed by atoms with Crippen molar-refractivity contribution in [1.29, 1.82) is 0 Å². The van der Waals surface area contributed by atoms with E-state index in [9.17, 15) is 9.59 Å². The van der Waals surface area contributed by atoms with Crippen molar-refractivity contribution in [2.75, 3.05) is 5.32 Å². The van der Waals surface area contributed by atoms with Gasteiger partial charge in [-0.2, -0.15) is 0 Å². The van der Waals surface area contributed by atoms with E-state index in [1.54, 1.807) is 0 Å². The second-order valence-corrected chi connectivity index (χ2v) is 6.40. The molecule has 0 bridgehead atoms. The Balaban J connectivity index is 1.73. The minimum atomic E-state index is -1.11. The Morgan fingerprint density at radius 3 is 2.76 bits per heavy atom. The summed E-state index contributed by atoms with van der Waals surface area (Å²) >= 11 is 0. The Bertz CT molecular complexity index is 923. The van der Waals surface area contributed by atoms with E-state index < -0.39 is 5.97 Å². The first-order valence-corrected chi connectivity index (χ1v) is 8.06. The summed E-state index contributed by atoms with van der Waals surface area (Å²) in [5.74, 6) is -0.867. The van der Waals surface area contributed by atoms with Crippen LogP contribution in [0.15, 0.2) is 43.0 Å². The molecule has 0 atom stereocenters. The molecule has 2 heterocycles. The number of carboxylic acids is 1. The predicted molar refractivity (Wildman–Crippen MR) is 94.6 cm³/mol. The van der Waals surface area contributed by atoms with E-state index in [1.165, 1.54) is 17.1 Å². The predicted octanol–water partition coefficient (Wildman–Crippen LogP) is 2.83. The third-order valence-corrected chi connectivity index (χ3v) is 3.86. The van der Waals surface area contributed by atoms with E-state index in [4.69, 9.17) is 5.11 Å². The van der Waals surface area contributed by atoms with E-state index in [0.29, 0.717) is 11.6 Å². The maximum atomic E-state index is 12.2. The Labute approximate surface area is 144 Å². The second kappa shape index (κ2) is 6.80. The van der Waals surface area contributed by atoms with Crippen molar-refractivity contribution in [3.8, 4) is 0 Å². The second-order valence-electron chi connectivity index (χ2n) is 6.40. The molecule has 0 unspecified atom stereocenters. The number of imidazole rings is 1. The van der Waals surface area contributed by atoms with Gasteiger partial charge in [0.05, 0.1) is 12.5 Å². The number of nitrogens with zero attached hydrogens (tertiary/aromatic N) is 3. The average Bonchev–Trinajstić information content (AvgIpc) is 3.14. The zero-order valence-electron chi connectivity index (χ0n) is 14.1. The summed E-state index contributed by atoms with van der Waals surface area (Å²) in [5, 5.41) is 12.9. The highest BCUT2D eigenvalue weighted by molar-refractivity contribution is 5.94. The first-order chi connectivity index (χ1) is 11.9. The van der Waals surface area contributed by atoms with Crippen LogP contribution >= 0.6 is 0 Å². The molecule has 0 aliphatic rings. The molecule has 0 aliphatic carbocycles. The highest BCUT2D eigenvalue weighted by Crippen LogP contribution is 2.21. The topological polar surface area (TPSA) is 89.2 Å². The molecule has 2 aromatic heterocycles. The largest absolute Gasteiger partial charge is 0.477 e. The van der Waals surface area contributed by atoms with Crippen LogP contribution < -0.4 is 5.32 Å². The number of carbonyl (C=O) groups excluding carboxylic acids is 1. The molecule has 0 saturated carbocycles. The van der Waals surface area contributed by atoms with Crippen molar-refractivity contribution in [1.82, 2.24) is 14.1 Å². The highest BCUT2D eigenvalue weighted by atomic mass is 16.4. The zero-order valence-corrected chi connectivity index (χ0v) is 14.1. The number of aromatic nitrogens is 3. The van der Waals surface area contributed by atoms with Crippen molar-refractivity contribution < 1.29 is 14.7 Å². The summed E-state index contributed by atoms with van der Waals surface area (Å²) in [6.07, 6.45) is 4.60. The summed E-state index contributed by atoms with van der Waals surface area (Å²) in [5.41, 5.74) is 1.78. The zero-order chi connectivity index (χ0) is 18.0. The van der Waals surface area contributed by atoms with Gasteiger partial charge in [-0.15, -0.1) is 0 Å². The van der Waals surface area contributed by atoms with Crippen LogP contribution in [0.1, 0.15) is 24.3 Å². The molecule has 25 heavy (non-hydrogen) atoms. The third-order valence-electron chi connectivity index (χ3n) is 3.86. The summed E-state index contributed by atoms with van der Waals surface area (Å²) in [7, 11) is 0. The number of carbonyl (C=O) groups is 2. The minimum Gasteiger partial charge on any atom is -0.477 e. The molecule has 7 heteroatoms. The lowest BCUT2D eigenvalue weighted by Gasteiger charge is -2.10. The van der Waals surface area contributed by atoms with Crippen LogP contribution in [-0.2, 0) is 17.9 Å². The molecule has 130 valence electrons. The van der Waals surface area contributed by atoms with Gasteiger partial charge in [0.2, 0.25) is 5.91 Å². The van der Waals surface area contributed by atoms with Crippen molar-refractivity contribution in [3.63, 3.8) is 0 Å². The number of hydrogen-bond acceptors (Lipinski definition) is 3. The van der Waals surface area contributed by atoms with Crippen molar-refractivity contribution in [3.05, 3.63) is 48.7 Å².